The van der Waals surface area contributed by atoms with Gasteiger partial charge in [-0.3, -0.25) is 4.79 Å². The summed E-state index contributed by atoms with van der Waals surface area (Å²) in [5, 5.41) is 6.66. The van der Waals surface area contributed by atoms with Crippen LogP contribution < -0.4 is 0 Å². The molecule has 3 aromatic rings. The van der Waals surface area contributed by atoms with Gasteiger partial charge in [-0.2, -0.15) is 5.10 Å². The van der Waals surface area contributed by atoms with E-state index >= 15 is 0 Å². The minimum atomic E-state index is 0.00255. The third-order valence-corrected chi connectivity index (χ3v) is 3.79. The Hall–Kier alpha value is -2.62. The highest BCUT2D eigenvalue weighted by Gasteiger charge is 2.24. The molecule has 1 aliphatic rings. The van der Waals surface area contributed by atoms with Crippen LogP contribution in [0, 0.1) is 0 Å². The smallest absolute Gasteiger partial charge is 0.272 e. The van der Waals surface area contributed by atoms with Crippen LogP contribution in [0.1, 0.15) is 16.1 Å². The summed E-state index contributed by atoms with van der Waals surface area (Å²) in [4.78, 5) is 14.1. The molecule has 0 bridgehead atoms. The molecule has 2 aromatic carbocycles. The first-order valence-corrected chi connectivity index (χ1v) is 6.55. The van der Waals surface area contributed by atoms with Crippen molar-refractivity contribution in [1.29, 1.82) is 0 Å². The molecule has 0 spiro atoms. The molecule has 1 aliphatic heterocycles. The molecule has 1 aromatic heterocycles. The standard InChI is InChI=1S/C16H13N3O/c1-18-10-13-8-11-4-2-3-5-12(11)9-15(13)19-14(16(18)20)6-7-17-19/h2-9H,10H2,1H3. The minimum Gasteiger partial charge on any atom is -0.336 e. The highest BCUT2D eigenvalue weighted by molar-refractivity contribution is 5.94. The fourth-order valence-electron chi connectivity index (χ4n) is 2.78. The van der Waals surface area contributed by atoms with Gasteiger partial charge in [0.15, 0.2) is 0 Å². The SMILES string of the molecule is CN1Cc2cc3ccccc3cc2-n2nccc2C1=O. The fraction of sp³-hybridized carbons (Fsp3) is 0.125. The Labute approximate surface area is 116 Å². The average Bonchev–Trinajstić information content (AvgIpc) is 2.91. The molecule has 4 rings (SSSR count). The Kier molecular flexibility index (Phi) is 2.21. The topological polar surface area (TPSA) is 38.1 Å². The first kappa shape index (κ1) is 11.2. The maximum Gasteiger partial charge on any atom is 0.272 e. The van der Waals surface area contributed by atoms with Crippen molar-refractivity contribution >= 4 is 16.7 Å². The second-order valence-electron chi connectivity index (χ2n) is 5.12. The van der Waals surface area contributed by atoms with E-state index in [1.54, 1.807) is 21.8 Å². The summed E-state index contributed by atoms with van der Waals surface area (Å²) in [5.74, 6) is 0.00255. The fourth-order valence-corrected chi connectivity index (χ4v) is 2.78. The lowest BCUT2D eigenvalue weighted by atomic mass is 10.0. The first-order chi connectivity index (χ1) is 9.74. The third kappa shape index (κ3) is 1.48. The molecule has 0 radical (unpaired) electrons. The molecule has 0 N–H and O–H groups in total. The van der Waals surface area contributed by atoms with E-state index in [1.165, 1.54) is 5.39 Å². The number of carbonyl (C=O) groups excluding carboxylic acids is 1. The molecule has 1 amide bonds. The van der Waals surface area contributed by atoms with Gasteiger partial charge in [0.1, 0.15) is 5.69 Å². The van der Waals surface area contributed by atoms with Crippen molar-refractivity contribution in [3.05, 3.63) is 59.9 Å². The number of hydrogen-bond donors (Lipinski definition) is 0. The van der Waals surface area contributed by atoms with E-state index in [0.717, 1.165) is 16.6 Å². The zero-order valence-electron chi connectivity index (χ0n) is 11.1. The number of nitrogens with zero attached hydrogens (tertiary/aromatic N) is 3. The number of carbonyl (C=O) groups is 1. The minimum absolute atomic E-state index is 0.00255. The summed E-state index contributed by atoms with van der Waals surface area (Å²) in [6.45, 7) is 0.600. The Balaban J connectivity index is 2.07. The van der Waals surface area contributed by atoms with Crippen molar-refractivity contribution in [2.45, 2.75) is 6.54 Å². The zero-order chi connectivity index (χ0) is 13.7. The van der Waals surface area contributed by atoms with Gasteiger partial charge in [0, 0.05) is 13.6 Å². The van der Waals surface area contributed by atoms with Crippen molar-refractivity contribution in [3.63, 3.8) is 0 Å². The van der Waals surface area contributed by atoms with Gasteiger partial charge in [-0.15, -0.1) is 0 Å². The van der Waals surface area contributed by atoms with Gasteiger partial charge in [0.2, 0.25) is 0 Å². The molecule has 0 fully saturated rings. The van der Waals surface area contributed by atoms with Crippen LogP contribution >= 0.6 is 0 Å². The molecular formula is C16H13N3O. The predicted octanol–water partition coefficient (Wildman–Crippen LogP) is 2.61. The number of rotatable bonds is 0. The second kappa shape index (κ2) is 3.93. The highest BCUT2D eigenvalue weighted by Crippen LogP contribution is 2.27. The largest absolute Gasteiger partial charge is 0.336 e. The van der Waals surface area contributed by atoms with Crippen LogP contribution in [0.3, 0.4) is 0 Å². The summed E-state index contributed by atoms with van der Waals surface area (Å²) >= 11 is 0. The van der Waals surface area contributed by atoms with Crippen molar-refractivity contribution in [2.24, 2.45) is 0 Å². The molecule has 20 heavy (non-hydrogen) atoms. The van der Waals surface area contributed by atoms with Crippen LogP contribution in [0.25, 0.3) is 16.5 Å². The molecule has 0 saturated carbocycles. The molecule has 4 nitrogen and oxygen atoms in total. The molecule has 0 atom stereocenters. The van der Waals surface area contributed by atoms with Crippen LogP contribution in [0.15, 0.2) is 48.7 Å². The maximum atomic E-state index is 12.3. The number of hydrogen-bond acceptors (Lipinski definition) is 2. The van der Waals surface area contributed by atoms with Crippen molar-refractivity contribution < 1.29 is 4.79 Å². The van der Waals surface area contributed by atoms with E-state index in [1.807, 2.05) is 19.2 Å². The highest BCUT2D eigenvalue weighted by atomic mass is 16.2. The van der Waals surface area contributed by atoms with E-state index in [2.05, 4.69) is 29.4 Å². The van der Waals surface area contributed by atoms with Crippen LogP contribution in [-0.4, -0.2) is 27.6 Å². The van der Waals surface area contributed by atoms with Gasteiger partial charge in [0.25, 0.3) is 5.91 Å². The average molecular weight is 263 g/mol. The molecular weight excluding hydrogens is 250 g/mol. The predicted molar refractivity (Wildman–Crippen MR) is 76.9 cm³/mol. The van der Waals surface area contributed by atoms with Gasteiger partial charge in [-0.05, 0) is 34.5 Å². The first-order valence-electron chi connectivity index (χ1n) is 6.55. The van der Waals surface area contributed by atoms with E-state index in [4.69, 9.17) is 0 Å². The van der Waals surface area contributed by atoms with E-state index in [0.29, 0.717) is 12.2 Å². The quantitative estimate of drug-likeness (QED) is 0.625. The van der Waals surface area contributed by atoms with E-state index < -0.39 is 0 Å². The van der Waals surface area contributed by atoms with Crippen LogP contribution in [-0.2, 0) is 6.54 Å². The molecule has 2 heterocycles. The molecule has 0 aliphatic carbocycles. The lowest BCUT2D eigenvalue weighted by Crippen LogP contribution is -2.25. The lowest BCUT2D eigenvalue weighted by molar-refractivity contribution is 0.0781. The summed E-state index contributed by atoms with van der Waals surface area (Å²) in [6, 6.07) is 14.2. The summed E-state index contributed by atoms with van der Waals surface area (Å²) in [6.07, 6.45) is 1.67. The number of amides is 1. The maximum absolute atomic E-state index is 12.3. The molecule has 0 unspecified atom stereocenters. The molecule has 4 heteroatoms. The van der Waals surface area contributed by atoms with Gasteiger partial charge in [-0.1, -0.05) is 24.3 Å². The van der Waals surface area contributed by atoms with Crippen molar-refractivity contribution in [1.82, 2.24) is 14.7 Å². The normalized spacial score (nSPS) is 14.1. The Morgan fingerprint density at radius 3 is 2.65 bits per heavy atom. The summed E-state index contributed by atoms with van der Waals surface area (Å²) in [5.41, 5.74) is 2.71. The van der Waals surface area contributed by atoms with Gasteiger partial charge < -0.3 is 4.90 Å². The molecule has 98 valence electrons. The number of aromatic nitrogens is 2. The zero-order valence-corrected chi connectivity index (χ0v) is 11.1. The van der Waals surface area contributed by atoms with Gasteiger partial charge in [0.05, 0.1) is 11.9 Å². The van der Waals surface area contributed by atoms with Gasteiger partial charge >= 0.3 is 0 Å². The van der Waals surface area contributed by atoms with Crippen molar-refractivity contribution in [3.8, 4) is 5.69 Å². The Morgan fingerprint density at radius 1 is 1.10 bits per heavy atom. The third-order valence-electron chi connectivity index (χ3n) is 3.79. The van der Waals surface area contributed by atoms with Crippen LogP contribution in [0.5, 0.6) is 0 Å². The molecule has 0 saturated heterocycles. The van der Waals surface area contributed by atoms with Crippen molar-refractivity contribution in [2.75, 3.05) is 7.05 Å². The monoisotopic (exact) mass is 263 g/mol. The van der Waals surface area contributed by atoms with Crippen LogP contribution in [0.2, 0.25) is 0 Å². The lowest BCUT2D eigenvalue weighted by Gasteiger charge is -2.14. The number of fused-ring (bicyclic) bond motifs is 4. The number of benzene rings is 2. The summed E-state index contributed by atoms with van der Waals surface area (Å²) in [7, 11) is 1.82. The second-order valence-corrected chi connectivity index (χ2v) is 5.12. The Bertz CT molecular complexity index is 835. The Morgan fingerprint density at radius 2 is 1.85 bits per heavy atom. The van der Waals surface area contributed by atoms with E-state index in [-0.39, 0.29) is 5.91 Å². The summed E-state index contributed by atoms with van der Waals surface area (Å²) < 4.78 is 1.74. The van der Waals surface area contributed by atoms with Crippen LogP contribution in [0.4, 0.5) is 0 Å². The van der Waals surface area contributed by atoms with E-state index in [9.17, 15) is 4.79 Å². The van der Waals surface area contributed by atoms with Gasteiger partial charge in [-0.25, -0.2) is 4.68 Å².